The van der Waals surface area contributed by atoms with Crippen molar-refractivity contribution in [2.24, 2.45) is 0 Å². The van der Waals surface area contributed by atoms with Crippen molar-refractivity contribution in [1.29, 1.82) is 5.26 Å². The van der Waals surface area contributed by atoms with Crippen LogP contribution in [-0.2, 0) is 4.79 Å². The highest BCUT2D eigenvalue weighted by atomic mass is 35.5. The van der Waals surface area contributed by atoms with E-state index in [0.717, 1.165) is 13.0 Å². The number of halogens is 1. The zero-order valence-corrected chi connectivity index (χ0v) is 12.2. The smallest absolute Gasteiger partial charge is 0.244 e. The minimum atomic E-state index is -0.279. The topological polar surface area (TPSA) is 69.0 Å². The van der Waals surface area contributed by atoms with E-state index in [4.69, 9.17) is 11.6 Å². The van der Waals surface area contributed by atoms with Crippen LogP contribution in [0.15, 0.2) is 24.3 Å². The molecule has 0 aliphatic carbocycles. The van der Waals surface area contributed by atoms with E-state index in [9.17, 15) is 10.1 Å². The highest BCUT2D eigenvalue weighted by molar-refractivity contribution is 6.31. The molecule has 1 aromatic carbocycles. The SMILES string of the molecule is CN1CCC(Nc2cc(C#N)c3cc(Cl)ccc3n2)C1=O. The van der Waals surface area contributed by atoms with Gasteiger partial charge in [0.15, 0.2) is 0 Å². The van der Waals surface area contributed by atoms with E-state index in [1.807, 2.05) is 0 Å². The highest BCUT2D eigenvalue weighted by Gasteiger charge is 2.29. The largest absolute Gasteiger partial charge is 0.358 e. The van der Waals surface area contributed by atoms with Gasteiger partial charge in [0, 0.05) is 24.0 Å². The number of anilines is 1. The molecule has 0 bridgehead atoms. The van der Waals surface area contributed by atoms with Crippen LogP contribution in [0, 0.1) is 11.3 Å². The van der Waals surface area contributed by atoms with Gasteiger partial charge in [-0.05, 0) is 30.7 Å². The second-order valence-electron chi connectivity index (χ2n) is 5.07. The molecule has 0 spiro atoms. The fourth-order valence-corrected chi connectivity index (χ4v) is 2.67. The van der Waals surface area contributed by atoms with Crippen LogP contribution in [-0.4, -0.2) is 35.4 Å². The molecular formula is C15H13ClN4O. The number of hydrogen-bond acceptors (Lipinski definition) is 4. The summed E-state index contributed by atoms with van der Waals surface area (Å²) in [6.07, 6.45) is 0.734. The van der Waals surface area contributed by atoms with E-state index in [1.54, 1.807) is 36.2 Å². The first-order valence-electron chi connectivity index (χ1n) is 6.60. The molecule has 1 atom stereocenters. The lowest BCUT2D eigenvalue weighted by molar-refractivity contribution is -0.127. The Morgan fingerprint density at radius 2 is 2.29 bits per heavy atom. The van der Waals surface area contributed by atoms with Gasteiger partial charge in [-0.2, -0.15) is 5.26 Å². The monoisotopic (exact) mass is 300 g/mol. The van der Waals surface area contributed by atoms with E-state index in [2.05, 4.69) is 16.4 Å². The van der Waals surface area contributed by atoms with Crippen molar-refractivity contribution >= 4 is 34.2 Å². The molecule has 1 fully saturated rings. The Labute approximate surface area is 127 Å². The predicted octanol–water partition coefficient (Wildman–Crippen LogP) is 2.40. The Kier molecular flexibility index (Phi) is 3.40. The predicted molar refractivity (Wildman–Crippen MR) is 81.1 cm³/mol. The second kappa shape index (κ2) is 5.23. The Hall–Kier alpha value is -2.32. The number of nitriles is 1. The first kappa shape index (κ1) is 13.7. The number of benzene rings is 1. The third-order valence-electron chi connectivity index (χ3n) is 3.64. The molecule has 6 heteroatoms. The van der Waals surface area contributed by atoms with E-state index >= 15 is 0 Å². The fraction of sp³-hybridized carbons (Fsp3) is 0.267. The van der Waals surface area contributed by atoms with Gasteiger partial charge in [0.25, 0.3) is 0 Å². The van der Waals surface area contributed by atoms with Crippen LogP contribution >= 0.6 is 11.6 Å². The number of carbonyl (C=O) groups excluding carboxylic acids is 1. The molecule has 3 rings (SSSR count). The van der Waals surface area contributed by atoms with Crippen LogP contribution in [0.2, 0.25) is 5.02 Å². The summed E-state index contributed by atoms with van der Waals surface area (Å²) in [6, 6.07) is 8.75. The number of rotatable bonds is 2. The number of carbonyl (C=O) groups is 1. The summed E-state index contributed by atoms with van der Waals surface area (Å²) >= 11 is 5.96. The van der Waals surface area contributed by atoms with E-state index in [-0.39, 0.29) is 11.9 Å². The van der Waals surface area contributed by atoms with Gasteiger partial charge in [-0.25, -0.2) is 4.98 Å². The molecule has 1 amide bonds. The number of nitrogens with zero attached hydrogens (tertiary/aromatic N) is 3. The summed E-state index contributed by atoms with van der Waals surface area (Å²) < 4.78 is 0. The maximum absolute atomic E-state index is 11.9. The van der Waals surface area contributed by atoms with Crippen molar-refractivity contribution in [2.75, 3.05) is 18.9 Å². The lowest BCUT2D eigenvalue weighted by Gasteiger charge is -2.13. The maximum Gasteiger partial charge on any atom is 0.244 e. The Morgan fingerprint density at radius 1 is 1.48 bits per heavy atom. The van der Waals surface area contributed by atoms with Crippen LogP contribution in [0.1, 0.15) is 12.0 Å². The second-order valence-corrected chi connectivity index (χ2v) is 5.51. The van der Waals surface area contributed by atoms with Crippen molar-refractivity contribution in [2.45, 2.75) is 12.5 Å². The number of aromatic nitrogens is 1. The van der Waals surface area contributed by atoms with Crippen LogP contribution in [0.4, 0.5) is 5.82 Å². The van der Waals surface area contributed by atoms with E-state index < -0.39 is 0 Å². The zero-order valence-electron chi connectivity index (χ0n) is 11.4. The van der Waals surface area contributed by atoms with Crippen molar-refractivity contribution in [3.05, 3.63) is 34.9 Å². The number of fused-ring (bicyclic) bond motifs is 1. The maximum atomic E-state index is 11.9. The van der Waals surface area contributed by atoms with E-state index in [0.29, 0.717) is 27.3 Å². The fourth-order valence-electron chi connectivity index (χ4n) is 2.50. The molecule has 1 aromatic heterocycles. The number of nitrogens with one attached hydrogen (secondary N) is 1. The molecular weight excluding hydrogens is 288 g/mol. The molecule has 2 heterocycles. The Balaban J connectivity index is 1.99. The number of pyridine rings is 1. The normalized spacial score (nSPS) is 18.0. The summed E-state index contributed by atoms with van der Waals surface area (Å²) in [5.74, 6) is 0.585. The standard InChI is InChI=1S/C15H13ClN4O/c1-20-5-4-13(15(20)21)19-14-6-9(8-17)11-7-10(16)2-3-12(11)18-14/h2-3,6-7,13H,4-5H2,1H3,(H,18,19). The third-order valence-corrected chi connectivity index (χ3v) is 3.88. The van der Waals surface area contributed by atoms with Crippen LogP contribution < -0.4 is 5.32 Å². The molecule has 5 nitrogen and oxygen atoms in total. The molecule has 1 aliphatic heterocycles. The van der Waals surface area contributed by atoms with Crippen molar-refractivity contribution in [3.8, 4) is 6.07 Å². The minimum Gasteiger partial charge on any atom is -0.358 e. The van der Waals surface area contributed by atoms with Gasteiger partial charge in [0.1, 0.15) is 11.9 Å². The first-order chi connectivity index (χ1) is 10.1. The van der Waals surface area contributed by atoms with Gasteiger partial charge in [-0.15, -0.1) is 0 Å². The molecule has 21 heavy (non-hydrogen) atoms. The van der Waals surface area contributed by atoms with Gasteiger partial charge in [0.2, 0.25) is 5.91 Å². The molecule has 1 saturated heterocycles. The first-order valence-corrected chi connectivity index (χ1v) is 6.98. The van der Waals surface area contributed by atoms with Crippen molar-refractivity contribution in [3.63, 3.8) is 0 Å². The summed E-state index contributed by atoms with van der Waals surface area (Å²) in [7, 11) is 1.78. The van der Waals surface area contributed by atoms with Gasteiger partial charge in [0.05, 0.1) is 17.1 Å². The van der Waals surface area contributed by atoms with Gasteiger partial charge < -0.3 is 10.2 Å². The summed E-state index contributed by atoms with van der Waals surface area (Å²) in [5, 5.41) is 13.7. The van der Waals surface area contributed by atoms with E-state index in [1.165, 1.54) is 0 Å². The minimum absolute atomic E-state index is 0.0477. The highest BCUT2D eigenvalue weighted by Crippen LogP contribution is 2.25. The quantitative estimate of drug-likeness (QED) is 0.924. The zero-order chi connectivity index (χ0) is 15.0. The molecule has 0 radical (unpaired) electrons. The van der Waals surface area contributed by atoms with Gasteiger partial charge in [-0.1, -0.05) is 11.6 Å². The molecule has 1 N–H and O–H groups in total. The molecule has 0 saturated carbocycles. The molecule has 106 valence electrons. The average molecular weight is 301 g/mol. The van der Waals surface area contributed by atoms with Crippen LogP contribution in [0.25, 0.3) is 10.9 Å². The van der Waals surface area contributed by atoms with Crippen LogP contribution in [0.3, 0.4) is 0 Å². The van der Waals surface area contributed by atoms with Crippen molar-refractivity contribution < 1.29 is 4.79 Å². The number of likely N-dealkylation sites (tertiary alicyclic amines) is 1. The molecule has 1 unspecified atom stereocenters. The lowest BCUT2D eigenvalue weighted by atomic mass is 10.1. The number of hydrogen-bond donors (Lipinski definition) is 1. The average Bonchev–Trinajstić information content (AvgIpc) is 2.79. The van der Waals surface area contributed by atoms with Gasteiger partial charge >= 0.3 is 0 Å². The molecule has 2 aromatic rings. The summed E-state index contributed by atoms with van der Waals surface area (Å²) in [6.45, 7) is 0.727. The van der Waals surface area contributed by atoms with Crippen LogP contribution in [0.5, 0.6) is 0 Å². The summed E-state index contributed by atoms with van der Waals surface area (Å²) in [4.78, 5) is 18.1. The number of amides is 1. The lowest BCUT2D eigenvalue weighted by Crippen LogP contribution is -2.31. The third kappa shape index (κ3) is 2.50. The van der Waals surface area contributed by atoms with Crippen molar-refractivity contribution in [1.82, 2.24) is 9.88 Å². The van der Waals surface area contributed by atoms with Gasteiger partial charge in [-0.3, -0.25) is 4.79 Å². The summed E-state index contributed by atoms with van der Waals surface area (Å²) in [5.41, 5.74) is 1.17. The Bertz CT molecular complexity index is 768. The molecule has 1 aliphatic rings. The Morgan fingerprint density at radius 3 is 2.95 bits per heavy atom. The number of likely N-dealkylation sites (N-methyl/N-ethyl adjacent to an activating group) is 1.